The van der Waals surface area contributed by atoms with Gasteiger partial charge in [-0.1, -0.05) is 32.9 Å². The van der Waals surface area contributed by atoms with Gasteiger partial charge >= 0.3 is 5.69 Å². The average molecular weight is 396 g/mol. The number of hydrogen-bond acceptors (Lipinski definition) is 6. The molecule has 3 rings (SSSR count). The molecule has 0 saturated heterocycles. The zero-order valence-corrected chi connectivity index (χ0v) is 16.9. The first-order chi connectivity index (χ1) is 13.7. The van der Waals surface area contributed by atoms with Gasteiger partial charge in [0.15, 0.2) is 0 Å². The van der Waals surface area contributed by atoms with Crippen molar-refractivity contribution in [3.8, 4) is 0 Å². The number of nitrogens with zero attached hydrogens (tertiary/aromatic N) is 3. The quantitative estimate of drug-likeness (QED) is 0.542. The largest absolute Gasteiger partial charge is 0.301 e. The number of hydrogen-bond donors (Lipinski definition) is 1. The summed E-state index contributed by atoms with van der Waals surface area (Å²) >= 11 is 0. The zero-order chi connectivity index (χ0) is 21.3. The molecule has 2 aromatic rings. The van der Waals surface area contributed by atoms with Gasteiger partial charge in [0.05, 0.1) is 21.6 Å². The predicted molar refractivity (Wildman–Crippen MR) is 113 cm³/mol. The van der Waals surface area contributed by atoms with Crippen LogP contribution in [0.15, 0.2) is 35.4 Å². The lowest BCUT2D eigenvalue weighted by Crippen LogP contribution is -2.25. The Bertz CT molecular complexity index is 1010. The van der Waals surface area contributed by atoms with E-state index in [0.29, 0.717) is 5.92 Å². The van der Waals surface area contributed by atoms with Crippen molar-refractivity contribution in [3.63, 3.8) is 0 Å². The summed E-state index contributed by atoms with van der Waals surface area (Å²) in [5.41, 5.74) is 7.91. The summed E-state index contributed by atoms with van der Waals surface area (Å²) in [5, 5.41) is 26.9. The van der Waals surface area contributed by atoms with E-state index in [1.807, 2.05) is 0 Å². The third kappa shape index (κ3) is 3.96. The Morgan fingerprint density at radius 3 is 2.48 bits per heavy atom. The number of rotatable bonds is 5. The van der Waals surface area contributed by atoms with Crippen molar-refractivity contribution in [1.29, 1.82) is 0 Å². The lowest BCUT2D eigenvalue weighted by atomic mass is 9.77. The molecular weight excluding hydrogens is 372 g/mol. The molecule has 2 aromatic carbocycles. The molecule has 0 saturated carbocycles. The first-order valence-corrected chi connectivity index (χ1v) is 9.59. The summed E-state index contributed by atoms with van der Waals surface area (Å²) in [7, 11) is 0. The predicted octanol–water partition coefficient (Wildman–Crippen LogP) is 5.33. The Labute approximate surface area is 168 Å². The summed E-state index contributed by atoms with van der Waals surface area (Å²) < 4.78 is 0. The molecule has 0 heterocycles. The fraction of sp³-hybridized carbons (Fsp3) is 0.381. The highest BCUT2D eigenvalue weighted by Crippen LogP contribution is 2.35. The maximum Gasteiger partial charge on any atom is 0.301 e. The van der Waals surface area contributed by atoms with E-state index in [0.717, 1.165) is 30.2 Å². The van der Waals surface area contributed by atoms with Gasteiger partial charge in [-0.2, -0.15) is 5.10 Å². The van der Waals surface area contributed by atoms with E-state index in [2.05, 4.69) is 50.4 Å². The second kappa shape index (κ2) is 7.98. The lowest BCUT2D eigenvalue weighted by molar-refractivity contribution is -0.393. The smallest absolute Gasteiger partial charge is 0.271 e. The molecule has 152 valence electrons. The van der Waals surface area contributed by atoms with Gasteiger partial charge in [-0.25, -0.2) is 0 Å². The minimum Gasteiger partial charge on any atom is -0.271 e. The van der Waals surface area contributed by atoms with Crippen LogP contribution < -0.4 is 5.43 Å². The highest BCUT2D eigenvalue weighted by molar-refractivity contribution is 6.06. The summed E-state index contributed by atoms with van der Waals surface area (Å²) in [4.78, 5) is 21.0. The number of benzene rings is 2. The Kier molecular flexibility index (Phi) is 5.63. The number of nitro benzene ring substituents is 2. The molecule has 0 amide bonds. The van der Waals surface area contributed by atoms with Crippen LogP contribution in [0.5, 0.6) is 0 Å². The Hall–Kier alpha value is -3.29. The molecule has 0 aromatic heterocycles. The molecule has 0 fully saturated rings. The number of fused-ring (bicyclic) bond motifs is 1. The number of aryl methyl sites for hydroxylation is 1. The second-order valence-electron chi connectivity index (χ2n) is 7.74. The van der Waals surface area contributed by atoms with Crippen LogP contribution >= 0.6 is 0 Å². The minimum absolute atomic E-state index is 0.131. The standard InChI is InChI=1S/C21H24N4O4/c1-12(2)16-8-5-13(3)17-9-6-14(4)21(20(16)17)23-22-18-10-7-15(24(26)27)11-19(18)25(28)29/h5,7-8,10-12,14,22H,6,9H2,1-4H3/b23-21+. The van der Waals surface area contributed by atoms with Crippen molar-refractivity contribution in [3.05, 3.63) is 72.8 Å². The molecule has 1 aliphatic carbocycles. The van der Waals surface area contributed by atoms with Gasteiger partial charge in [0.25, 0.3) is 5.69 Å². The molecule has 1 unspecified atom stereocenters. The van der Waals surface area contributed by atoms with Crippen LogP contribution in [0.3, 0.4) is 0 Å². The highest BCUT2D eigenvalue weighted by Gasteiger charge is 2.27. The summed E-state index contributed by atoms with van der Waals surface area (Å²) in [6.07, 6.45) is 1.91. The second-order valence-corrected chi connectivity index (χ2v) is 7.74. The van der Waals surface area contributed by atoms with Gasteiger partial charge in [-0.15, -0.1) is 0 Å². The summed E-state index contributed by atoms with van der Waals surface area (Å²) in [6, 6.07) is 7.77. The van der Waals surface area contributed by atoms with Gasteiger partial charge in [0.1, 0.15) is 5.69 Å². The molecule has 0 aliphatic heterocycles. The Morgan fingerprint density at radius 1 is 1.14 bits per heavy atom. The van der Waals surface area contributed by atoms with Crippen LogP contribution in [0.4, 0.5) is 17.1 Å². The van der Waals surface area contributed by atoms with Gasteiger partial charge < -0.3 is 0 Å². The van der Waals surface area contributed by atoms with Crippen molar-refractivity contribution in [1.82, 2.24) is 0 Å². The van der Waals surface area contributed by atoms with Crippen LogP contribution in [-0.2, 0) is 6.42 Å². The maximum atomic E-state index is 11.4. The summed E-state index contributed by atoms with van der Waals surface area (Å²) in [6.45, 7) is 8.46. The van der Waals surface area contributed by atoms with Crippen molar-refractivity contribution in [2.75, 3.05) is 5.43 Å². The molecular formula is C21H24N4O4. The average Bonchev–Trinajstić information content (AvgIpc) is 2.66. The molecule has 1 N–H and O–H groups in total. The molecule has 0 radical (unpaired) electrons. The van der Waals surface area contributed by atoms with Crippen LogP contribution in [0.2, 0.25) is 0 Å². The van der Waals surface area contributed by atoms with E-state index < -0.39 is 9.85 Å². The van der Waals surface area contributed by atoms with Gasteiger partial charge in [0.2, 0.25) is 0 Å². The number of hydrazone groups is 1. The first-order valence-electron chi connectivity index (χ1n) is 9.59. The van der Waals surface area contributed by atoms with E-state index in [4.69, 9.17) is 0 Å². The normalized spacial score (nSPS) is 17.3. The number of non-ortho nitro benzene ring substituents is 1. The van der Waals surface area contributed by atoms with Crippen LogP contribution in [-0.4, -0.2) is 15.6 Å². The molecule has 1 atom stereocenters. The number of nitrogens with one attached hydrogen (secondary N) is 1. The molecule has 0 spiro atoms. The SMILES string of the molecule is Cc1ccc(C(C)C)c2c1CCC(C)/C2=N\Nc1ccc([N+](=O)[O-])cc1[N+](=O)[O-]. The number of nitro groups is 2. The molecule has 29 heavy (non-hydrogen) atoms. The molecule has 1 aliphatic rings. The van der Waals surface area contributed by atoms with Gasteiger partial charge in [-0.05, 0) is 48.4 Å². The molecule has 8 heteroatoms. The van der Waals surface area contributed by atoms with Crippen LogP contribution in [0.25, 0.3) is 0 Å². The van der Waals surface area contributed by atoms with E-state index in [9.17, 15) is 20.2 Å². The van der Waals surface area contributed by atoms with Crippen molar-refractivity contribution >= 4 is 22.8 Å². The highest BCUT2D eigenvalue weighted by atomic mass is 16.6. The maximum absolute atomic E-state index is 11.4. The van der Waals surface area contributed by atoms with E-state index in [1.165, 1.54) is 28.8 Å². The Morgan fingerprint density at radius 2 is 1.86 bits per heavy atom. The molecule has 0 bridgehead atoms. The van der Waals surface area contributed by atoms with Crippen molar-refractivity contribution in [2.45, 2.75) is 46.5 Å². The van der Waals surface area contributed by atoms with E-state index in [-0.39, 0.29) is 23.0 Å². The fourth-order valence-corrected chi connectivity index (χ4v) is 3.79. The van der Waals surface area contributed by atoms with Crippen molar-refractivity contribution < 1.29 is 9.85 Å². The van der Waals surface area contributed by atoms with Crippen LogP contribution in [0.1, 0.15) is 55.4 Å². The fourth-order valence-electron chi connectivity index (χ4n) is 3.79. The summed E-state index contributed by atoms with van der Waals surface area (Å²) in [5.74, 6) is 0.500. The first kappa shape index (κ1) is 20.4. The number of anilines is 1. The third-order valence-corrected chi connectivity index (χ3v) is 5.44. The van der Waals surface area contributed by atoms with Crippen molar-refractivity contribution in [2.24, 2.45) is 11.0 Å². The lowest BCUT2D eigenvalue weighted by Gasteiger charge is -2.29. The monoisotopic (exact) mass is 396 g/mol. The topological polar surface area (TPSA) is 111 Å². The minimum atomic E-state index is -0.653. The zero-order valence-electron chi connectivity index (χ0n) is 16.9. The van der Waals surface area contributed by atoms with Crippen LogP contribution in [0, 0.1) is 33.1 Å². The van der Waals surface area contributed by atoms with Gasteiger partial charge in [0, 0.05) is 17.5 Å². The third-order valence-electron chi connectivity index (χ3n) is 5.44. The van der Waals surface area contributed by atoms with Gasteiger partial charge in [-0.3, -0.25) is 25.7 Å². The van der Waals surface area contributed by atoms with E-state index >= 15 is 0 Å². The van der Waals surface area contributed by atoms with E-state index in [1.54, 1.807) is 0 Å². The molecule has 8 nitrogen and oxygen atoms in total. The Balaban J connectivity index is 2.08.